The lowest BCUT2D eigenvalue weighted by Crippen LogP contribution is -2.27. The van der Waals surface area contributed by atoms with E-state index in [1.807, 2.05) is 145 Å². The van der Waals surface area contributed by atoms with Crippen molar-refractivity contribution >= 4 is 42.0 Å². The van der Waals surface area contributed by atoms with E-state index in [4.69, 9.17) is 5.73 Å². The number of aryl methyl sites for hydroxylation is 14. The fourth-order valence-electron chi connectivity index (χ4n) is 7.55. The third-order valence-electron chi connectivity index (χ3n) is 11.6. The second-order valence-corrected chi connectivity index (χ2v) is 18.6. The number of nitrogens with one attached hydrogen (secondary N) is 1. The minimum Gasteiger partial charge on any atom is -0.399 e. The summed E-state index contributed by atoms with van der Waals surface area (Å²) >= 11 is 0. The Morgan fingerprint density at radius 2 is 0.973 bits per heavy atom. The van der Waals surface area contributed by atoms with E-state index in [0.717, 1.165) is 68.2 Å². The molecule has 0 spiro atoms. The van der Waals surface area contributed by atoms with Crippen LogP contribution >= 0.6 is 0 Å². The molecule has 8 rings (SSSR count). The molecular weight excluding hydrogens is 907 g/mol. The number of nitrogens with two attached hydrogens (primary N) is 1. The molecule has 0 aliphatic rings. The number of rotatable bonds is 9. The van der Waals surface area contributed by atoms with E-state index in [2.05, 4.69) is 104 Å². The number of imidazole rings is 2. The molecule has 0 unspecified atom stereocenters. The SMILES string of the molecule is CC(=O)CN(C=O)c1ccc(C)cc1C.Cc1ccc(-n2cnc(C)c2)c(C)c1.Cc1ccc(C)c(C)c1.Cc1ccc(N)c(C)c1.Cc1ccc(NC=O)c(C)c1.Cc1cn(-c2ccc(C=O)cc2C)cn1. The van der Waals surface area contributed by atoms with Crippen LogP contribution in [0.1, 0.15) is 95.4 Å². The Labute approximate surface area is 434 Å². The number of hydrogen-bond acceptors (Lipinski definition) is 7. The zero-order valence-corrected chi connectivity index (χ0v) is 45.6. The molecule has 0 aliphatic heterocycles. The van der Waals surface area contributed by atoms with Crippen molar-refractivity contribution in [1.82, 2.24) is 19.1 Å². The van der Waals surface area contributed by atoms with Crippen molar-refractivity contribution in [1.29, 1.82) is 0 Å². The third-order valence-corrected chi connectivity index (χ3v) is 11.6. The van der Waals surface area contributed by atoms with E-state index in [1.165, 1.54) is 56.5 Å². The molecule has 382 valence electrons. The van der Waals surface area contributed by atoms with Crippen LogP contribution < -0.4 is 16.0 Å². The van der Waals surface area contributed by atoms with Gasteiger partial charge in [0.2, 0.25) is 12.8 Å². The van der Waals surface area contributed by atoms with Crippen LogP contribution in [-0.2, 0) is 14.4 Å². The molecule has 0 fully saturated rings. The average Bonchev–Trinajstić information content (AvgIpc) is 3.97. The Bertz CT molecular complexity index is 3040. The van der Waals surface area contributed by atoms with Gasteiger partial charge in [0.1, 0.15) is 12.1 Å². The van der Waals surface area contributed by atoms with E-state index in [1.54, 1.807) is 6.33 Å². The maximum atomic E-state index is 11.0. The van der Waals surface area contributed by atoms with Crippen molar-refractivity contribution in [2.45, 2.75) is 104 Å². The van der Waals surface area contributed by atoms with Gasteiger partial charge >= 0.3 is 0 Å². The van der Waals surface area contributed by atoms with E-state index in [9.17, 15) is 19.2 Å². The van der Waals surface area contributed by atoms with Gasteiger partial charge in [-0.1, -0.05) is 94.5 Å². The highest BCUT2D eigenvalue weighted by atomic mass is 16.1. The molecule has 0 bridgehead atoms. The lowest BCUT2D eigenvalue weighted by atomic mass is 10.1. The minimum atomic E-state index is -0.0259. The first kappa shape index (κ1) is 59.1. The molecule has 0 saturated carbocycles. The highest BCUT2D eigenvalue weighted by Gasteiger charge is 2.10. The molecular formula is C62H75N7O4. The summed E-state index contributed by atoms with van der Waals surface area (Å²) in [5.41, 5.74) is 27.8. The van der Waals surface area contributed by atoms with Gasteiger partial charge < -0.3 is 25.1 Å². The maximum Gasteiger partial charge on any atom is 0.214 e. The summed E-state index contributed by atoms with van der Waals surface area (Å²) in [7, 11) is 0. The number of benzene rings is 6. The van der Waals surface area contributed by atoms with Crippen LogP contribution in [0.2, 0.25) is 0 Å². The largest absolute Gasteiger partial charge is 0.399 e. The summed E-state index contributed by atoms with van der Waals surface area (Å²) in [6.45, 7) is 30.2. The summed E-state index contributed by atoms with van der Waals surface area (Å²) < 4.78 is 4.02. The van der Waals surface area contributed by atoms with Crippen molar-refractivity contribution in [2.75, 3.05) is 22.5 Å². The van der Waals surface area contributed by atoms with Crippen molar-refractivity contribution in [3.8, 4) is 11.4 Å². The van der Waals surface area contributed by atoms with Crippen LogP contribution in [0.3, 0.4) is 0 Å². The molecule has 11 nitrogen and oxygen atoms in total. The van der Waals surface area contributed by atoms with Crippen LogP contribution in [0.4, 0.5) is 17.1 Å². The molecule has 6 aromatic carbocycles. The van der Waals surface area contributed by atoms with Gasteiger partial charge in [-0.15, -0.1) is 0 Å². The smallest absolute Gasteiger partial charge is 0.214 e. The lowest BCUT2D eigenvalue weighted by Gasteiger charge is -2.18. The van der Waals surface area contributed by atoms with Gasteiger partial charge in [0.15, 0.2) is 0 Å². The van der Waals surface area contributed by atoms with Crippen LogP contribution in [-0.4, -0.2) is 50.5 Å². The number of anilines is 3. The molecule has 73 heavy (non-hydrogen) atoms. The molecule has 0 radical (unpaired) electrons. The number of carbonyl (C=O) groups excluding carboxylic acids is 4. The number of Topliss-reactive ketones (excluding diaryl/α,β-unsaturated/α-hetero) is 1. The standard InChI is InChI=1S/C12H12N2O.C12H14N2.C12H15NO2.C9H11NO.C9H12.C8H11N/c1-9-5-11(7-15)3-4-12(9)14-6-10(2)13-8-14;1-9-4-5-12(10(2)6-9)14-7-11(3)13-8-14;1-9-4-5-12(10(2)6-9)13(8-14)7-11(3)15;1-7-3-4-9(10-6-11)8(2)5-7;1-7-4-5-8(2)9(3)6-7;1-6-3-4-8(9)7(2)5-6/h3-8H,1-2H3;4-8H,1-3H3;4-6,8H,7H2,1-3H3;3-6H,1-2H3,(H,10,11);4-6H,1-3H3;3-5H,9H2,1-2H3. The zero-order valence-electron chi connectivity index (χ0n) is 45.6. The van der Waals surface area contributed by atoms with Crippen molar-refractivity contribution < 1.29 is 19.2 Å². The Morgan fingerprint density at radius 3 is 1.37 bits per heavy atom. The molecule has 2 aromatic heterocycles. The normalized spacial score (nSPS) is 9.90. The Hall–Kier alpha value is -8.18. The molecule has 2 heterocycles. The summed E-state index contributed by atoms with van der Waals surface area (Å²) in [4.78, 5) is 52.3. The summed E-state index contributed by atoms with van der Waals surface area (Å²) in [5.74, 6) is -0.0259. The van der Waals surface area contributed by atoms with Gasteiger partial charge in [-0.3, -0.25) is 19.2 Å². The molecule has 0 aliphatic carbocycles. The molecule has 3 N–H and O–H groups in total. The highest BCUT2D eigenvalue weighted by Crippen LogP contribution is 2.21. The molecule has 11 heteroatoms. The lowest BCUT2D eigenvalue weighted by molar-refractivity contribution is -0.117. The number of aromatic nitrogens is 4. The first-order valence-corrected chi connectivity index (χ1v) is 24.1. The fraction of sp³-hybridized carbons (Fsp3) is 0.258. The number of hydrogen-bond donors (Lipinski definition) is 2. The van der Waals surface area contributed by atoms with Gasteiger partial charge in [0, 0.05) is 46.4 Å². The molecule has 2 amide bonds. The van der Waals surface area contributed by atoms with E-state index in [0.29, 0.717) is 18.4 Å². The second-order valence-electron chi connectivity index (χ2n) is 18.6. The Morgan fingerprint density at radius 1 is 0.521 bits per heavy atom. The molecule has 8 aromatic rings. The first-order chi connectivity index (χ1) is 34.5. The number of amides is 2. The predicted molar refractivity (Wildman–Crippen MR) is 303 cm³/mol. The predicted octanol–water partition coefficient (Wildman–Crippen LogP) is 13.3. The number of nitrogen functional groups attached to an aromatic ring is 1. The number of nitrogens with zero attached hydrogens (tertiary/aromatic N) is 5. The van der Waals surface area contributed by atoms with Gasteiger partial charge in [-0.2, -0.15) is 0 Å². The topological polar surface area (TPSA) is 145 Å². The highest BCUT2D eigenvalue weighted by molar-refractivity contribution is 5.89. The second kappa shape index (κ2) is 29.2. The molecule has 0 atom stereocenters. The van der Waals surface area contributed by atoms with Crippen LogP contribution in [0.15, 0.2) is 134 Å². The first-order valence-electron chi connectivity index (χ1n) is 24.1. The van der Waals surface area contributed by atoms with Gasteiger partial charge in [0.25, 0.3) is 0 Å². The quantitative estimate of drug-likeness (QED) is 0.108. The molecule has 0 saturated heterocycles. The minimum absolute atomic E-state index is 0.0259. The Balaban J connectivity index is 0.000000234. The van der Waals surface area contributed by atoms with Gasteiger partial charge in [0.05, 0.1) is 30.6 Å². The van der Waals surface area contributed by atoms with Gasteiger partial charge in [-0.25, -0.2) is 9.97 Å². The Kier molecular flexibility index (Phi) is 23.7. The number of aldehydes is 1. The van der Waals surface area contributed by atoms with Crippen molar-refractivity contribution in [3.05, 3.63) is 218 Å². The zero-order chi connectivity index (χ0) is 54.4. The monoisotopic (exact) mass is 982 g/mol. The van der Waals surface area contributed by atoms with E-state index in [-0.39, 0.29) is 12.3 Å². The fourth-order valence-corrected chi connectivity index (χ4v) is 7.55. The van der Waals surface area contributed by atoms with E-state index < -0.39 is 0 Å². The van der Waals surface area contributed by atoms with Gasteiger partial charge in [-0.05, 0) is 185 Å². The summed E-state index contributed by atoms with van der Waals surface area (Å²) in [5, 5.41) is 2.62. The average molecular weight is 982 g/mol. The number of carbonyl (C=O) groups is 4. The van der Waals surface area contributed by atoms with E-state index >= 15 is 0 Å². The third kappa shape index (κ3) is 19.9. The van der Waals surface area contributed by atoms with Crippen LogP contribution in [0.5, 0.6) is 0 Å². The summed E-state index contributed by atoms with van der Waals surface area (Å²) in [6, 6.07) is 36.3. The van der Waals surface area contributed by atoms with Crippen molar-refractivity contribution in [2.24, 2.45) is 0 Å². The number of ketones is 1. The maximum absolute atomic E-state index is 11.0. The van der Waals surface area contributed by atoms with Crippen LogP contribution in [0, 0.1) is 96.9 Å². The van der Waals surface area contributed by atoms with Crippen LogP contribution in [0.25, 0.3) is 11.4 Å². The van der Waals surface area contributed by atoms with Crippen molar-refractivity contribution in [3.63, 3.8) is 0 Å². The summed E-state index contributed by atoms with van der Waals surface area (Å²) in [6.07, 6.45) is 9.87.